The van der Waals surface area contributed by atoms with E-state index < -0.39 is 10.8 Å². The number of rotatable bonds is 3. The lowest BCUT2D eigenvalue weighted by Crippen LogP contribution is -2.51. The summed E-state index contributed by atoms with van der Waals surface area (Å²) in [6.07, 6.45) is 3.46. The first-order valence-corrected chi connectivity index (χ1v) is 8.82. The van der Waals surface area contributed by atoms with E-state index in [2.05, 4.69) is 20.9 Å². The molecule has 2 aliphatic heterocycles. The van der Waals surface area contributed by atoms with E-state index in [1.165, 1.54) is 6.07 Å². The van der Waals surface area contributed by atoms with Crippen LogP contribution < -0.4 is 4.90 Å². The van der Waals surface area contributed by atoms with E-state index in [4.69, 9.17) is 0 Å². The zero-order valence-electron chi connectivity index (χ0n) is 13.1. The second-order valence-corrected chi connectivity index (χ2v) is 7.32. The maximum Gasteiger partial charge on any atom is 0.312 e. The van der Waals surface area contributed by atoms with Crippen LogP contribution in [0.25, 0.3) is 0 Å². The van der Waals surface area contributed by atoms with Crippen molar-refractivity contribution in [3.63, 3.8) is 0 Å². The molecular weight excluding hydrogens is 386 g/mol. The van der Waals surface area contributed by atoms with E-state index in [-0.39, 0.29) is 24.7 Å². The van der Waals surface area contributed by atoms with Crippen LogP contribution >= 0.6 is 15.9 Å². The Balaban J connectivity index is 1.66. The van der Waals surface area contributed by atoms with Gasteiger partial charge in [0.25, 0.3) is 5.92 Å². The van der Waals surface area contributed by atoms with E-state index in [9.17, 15) is 18.9 Å². The molecule has 132 valence electrons. The molecule has 0 N–H and O–H groups in total. The minimum absolute atomic E-state index is 0.0304. The van der Waals surface area contributed by atoms with Crippen molar-refractivity contribution in [2.75, 3.05) is 31.1 Å². The third-order valence-corrected chi connectivity index (χ3v) is 5.15. The number of piperidine rings is 2. The molecule has 24 heavy (non-hydrogen) atoms. The van der Waals surface area contributed by atoms with Crippen LogP contribution in [0.1, 0.15) is 25.7 Å². The molecule has 6 nitrogen and oxygen atoms in total. The zero-order valence-corrected chi connectivity index (χ0v) is 14.7. The van der Waals surface area contributed by atoms with Crippen LogP contribution in [0.5, 0.6) is 0 Å². The van der Waals surface area contributed by atoms with Gasteiger partial charge < -0.3 is 4.90 Å². The molecule has 2 saturated heterocycles. The first-order chi connectivity index (χ1) is 11.4. The predicted molar refractivity (Wildman–Crippen MR) is 89.6 cm³/mol. The second-order valence-electron chi connectivity index (χ2n) is 6.40. The Kier molecular flexibility index (Phi) is 5.00. The van der Waals surface area contributed by atoms with Crippen molar-refractivity contribution in [2.45, 2.75) is 37.6 Å². The molecular formula is C15H19BrF2N4O2. The van der Waals surface area contributed by atoms with Crippen LogP contribution in [0.4, 0.5) is 20.3 Å². The molecule has 2 aliphatic rings. The molecule has 0 unspecified atom stereocenters. The molecule has 0 aromatic carbocycles. The lowest BCUT2D eigenvalue weighted by atomic mass is 9.98. The number of hydrogen-bond acceptors (Lipinski definition) is 5. The number of nitro groups is 1. The second kappa shape index (κ2) is 6.87. The summed E-state index contributed by atoms with van der Waals surface area (Å²) in [5.74, 6) is -2.24. The van der Waals surface area contributed by atoms with Gasteiger partial charge in [-0.25, -0.2) is 13.8 Å². The molecule has 0 saturated carbocycles. The fourth-order valence-corrected chi connectivity index (χ4v) is 3.87. The lowest BCUT2D eigenvalue weighted by Gasteiger charge is -2.42. The lowest BCUT2D eigenvalue weighted by molar-refractivity contribution is -0.384. The molecule has 0 bridgehead atoms. The zero-order chi connectivity index (χ0) is 17.3. The van der Waals surface area contributed by atoms with Crippen LogP contribution in [0, 0.1) is 10.1 Å². The van der Waals surface area contributed by atoms with Gasteiger partial charge in [-0.3, -0.25) is 15.0 Å². The van der Waals surface area contributed by atoms with E-state index in [0.717, 1.165) is 0 Å². The highest BCUT2D eigenvalue weighted by atomic mass is 79.9. The van der Waals surface area contributed by atoms with Crippen molar-refractivity contribution in [3.05, 3.63) is 26.9 Å². The normalized spacial score (nSPS) is 22.5. The monoisotopic (exact) mass is 404 g/mol. The Morgan fingerprint density at radius 1 is 1.33 bits per heavy atom. The smallest absolute Gasteiger partial charge is 0.312 e. The molecule has 1 aromatic rings. The fraction of sp³-hybridized carbons (Fsp3) is 0.667. The summed E-state index contributed by atoms with van der Waals surface area (Å²) in [6, 6.07) is 1.56. The number of halogens is 3. The Morgan fingerprint density at radius 2 is 2.04 bits per heavy atom. The molecule has 9 heteroatoms. The summed E-state index contributed by atoms with van der Waals surface area (Å²) < 4.78 is 27.7. The Labute approximate surface area is 147 Å². The highest BCUT2D eigenvalue weighted by Gasteiger charge is 2.38. The van der Waals surface area contributed by atoms with E-state index in [0.29, 0.717) is 49.2 Å². The van der Waals surface area contributed by atoms with Gasteiger partial charge in [0.1, 0.15) is 0 Å². The van der Waals surface area contributed by atoms with Crippen LogP contribution in [0.15, 0.2) is 16.7 Å². The highest BCUT2D eigenvalue weighted by Crippen LogP contribution is 2.33. The first-order valence-electron chi connectivity index (χ1n) is 8.02. The fourth-order valence-electron chi connectivity index (χ4n) is 3.55. The molecule has 1 aromatic heterocycles. The van der Waals surface area contributed by atoms with Gasteiger partial charge >= 0.3 is 5.69 Å². The van der Waals surface area contributed by atoms with Crippen LogP contribution in [-0.4, -0.2) is 53.0 Å². The van der Waals surface area contributed by atoms with E-state index >= 15 is 0 Å². The minimum Gasteiger partial charge on any atom is -0.351 e. The summed E-state index contributed by atoms with van der Waals surface area (Å²) >= 11 is 3.20. The SMILES string of the molecule is O=[N+]([O-])c1cc(Br)cnc1N1CCC(N2CCCC(F)(F)C2)CC1. The minimum atomic E-state index is -2.60. The number of hydrogen-bond donors (Lipinski definition) is 0. The summed E-state index contributed by atoms with van der Waals surface area (Å²) in [7, 11) is 0. The van der Waals surface area contributed by atoms with Gasteiger partial charge in [0.15, 0.2) is 0 Å². The standard InChI is InChI=1S/C15H19BrF2N4O2/c16-11-8-13(22(23)24)14(19-9-11)20-6-2-12(3-7-20)21-5-1-4-15(17,18)10-21/h8-9,12H,1-7,10H2. The van der Waals surface area contributed by atoms with Gasteiger partial charge in [0.2, 0.25) is 5.82 Å². The van der Waals surface area contributed by atoms with Crippen molar-refractivity contribution in [1.29, 1.82) is 0 Å². The molecule has 0 amide bonds. The summed E-state index contributed by atoms with van der Waals surface area (Å²) in [5, 5.41) is 11.2. The van der Waals surface area contributed by atoms with Crippen molar-refractivity contribution in [1.82, 2.24) is 9.88 Å². The van der Waals surface area contributed by atoms with Crippen LogP contribution in [-0.2, 0) is 0 Å². The number of likely N-dealkylation sites (tertiary alicyclic amines) is 1. The van der Waals surface area contributed by atoms with Gasteiger partial charge in [-0.05, 0) is 41.7 Å². The largest absolute Gasteiger partial charge is 0.351 e. The van der Waals surface area contributed by atoms with Gasteiger partial charge in [-0.1, -0.05) is 0 Å². The van der Waals surface area contributed by atoms with Crippen LogP contribution in [0.3, 0.4) is 0 Å². The molecule has 3 heterocycles. The molecule has 0 aliphatic carbocycles. The van der Waals surface area contributed by atoms with Crippen LogP contribution in [0.2, 0.25) is 0 Å². The van der Waals surface area contributed by atoms with Crippen molar-refractivity contribution in [3.8, 4) is 0 Å². The summed E-state index contributed by atoms with van der Waals surface area (Å²) in [5.41, 5.74) is -0.0349. The van der Waals surface area contributed by atoms with E-state index in [1.54, 1.807) is 6.20 Å². The maximum atomic E-state index is 13.6. The average molecular weight is 405 g/mol. The molecule has 3 rings (SSSR count). The molecule has 0 atom stereocenters. The van der Waals surface area contributed by atoms with Gasteiger partial charge in [0, 0.05) is 42.3 Å². The topological polar surface area (TPSA) is 62.5 Å². The third kappa shape index (κ3) is 3.83. The maximum absolute atomic E-state index is 13.6. The van der Waals surface area contributed by atoms with E-state index in [1.807, 2.05) is 9.80 Å². The quantitative estimate of drug-likeness (QED) is 0.570. The Hall–Kier alpha value is -1.35. The predicted octanol–water partition coefficient (Wildman–Crippen LogP) is 3.45. The molecule has 2 fully saturated rings. The molecule has 0 spiro atoms. The average Bonchev–Trinajstić information content (AvgIpc) is 2.54. The summed E-state index contributed by atoms with van der Waals surface area (Å²) in [6.45, 7) is 1.70. The Morgan fingerprint density at radius 3 is 2.67 bits per heavy atom. The number of alkyl halides is 2. The van der Waals surface area contributed by atoms with Crippen molar-refractivity contribution < 1.29 is 13.7 Å². The Bertz CT molecular complexity index is 623. The number of pyridine rings is 1. The third-order valence-electron chi connectivity index (χ3n) is 4.71. The highest BCUT2D eigenvalue weighted by molar-refractivity contribution is 9.10. The van der Waals surface area contributed by atoms with Gasteiger partial charge in [-0.2, -0.15) is 0 Å². The summed E-state index contributed by atoms with van der Waals surface area (Å²) in [4.78, 5) is 18.7. The first kappa shape index (κ1) is 17.5. The van der Waals surface area contributed by atoms with Gasteiger partial charge in [-0.15, -0.1) is 0 Å². The van der Waals surface area contributed by atoms with Crippen molar-refractivity contribution >= 4 is 27.4 Å². The van der Waals surface area contributed by atoms with Crippen molar-refractivity contribution in [2.24, 2.45) is 0 Å². The molecule has 0 radical (unpaired) electrons. The van der Waals surface area contributed by atoms with Gasteiger partial charge in [0.05, 0.1) is 11.5 Å². The number of anilines is 1. The number of nitrogens with zero attached hydrogens (tertiary/aromatic N) is 4. The number of aromatic nitrogens is 1.